The van der Waals surface area contributed by atoms with Crippen LogP contribution in [0.4, 0.5) is 13.2 Å². The van der Waals surface area contributed by atoms with Crippen LogP contribution in [-0.2, 0) is 17.1 Å². The molecule has 0 radical (unpaired) electrons. The first-order valence-corrected chi connectivity index (χ1v) is 9.35. The Labute approximate surface area is 159 Å². The first-order chi connectivity index (χ1) is 12.8. The molecule has 0 heterocycles. The number of thioether (sulfide) groups is 1. The number of carboxylic acids is 1. The first-order valence-electron chi connectivity index (χ1n) is 8.37. The van der Waals surface area contributed by atoms with Crippen LogP contribution in [0.5, 0.6) is 0 Å². The number of alkyl halides is 2. The fraction of sp³-hybridized carbons (Fsp3) is 0.190. The first kappa shape index (κ1) is 19.3. The Kier molecular flexibility index (Phi) is 5.46. The molecule has 0 saturated carbocycles. The second-order valence-electron chi connectivity index (χ2n) is 6.11. The zero-order chi connectivity index (χ0) is 19.6. The van der Waals surface area contributed by atoms with E-state index >= 15 is 8.78 Å². The highest BCUT2D eigenvalue weighted by Crippen LogP contribution is 2.41. The van der Waals surface area contributed by atoms with E-state index in [1.165, 1.54) is 30.3 Å². The zero-order valence-electron chi connectivity index (χ0n) is 14.5. The van der Waals surface area contributed by atoms with Gasteiger partial charge in [0.15, 0.2) is 0 Å². The van der Waals surface area contributed by atoms with Crippen molar-refractivity contribution in [1.82, 2.24) is 0 Å². The largest absolute Gasteiger partial charge is 0.481 e. The Balaban J connectivity index is 2.16. The molecule has 0 spiro atoms. The molecule has 3 rings (SSSR count). The van der Waals surface area contributed by atoms with Crippen molar-refractivity contribution in [1.29, 1.82) is 0 Å². The van der Waals surface area contributed by atoms with Crippen molar-refractivity contribution in [3.05, 3.63) is 77.1 Å². The predicted molar refractivity (Wildman–Crippen MR) is 101 cm³/mol. The van der Waals surface area contributed by atoms with Crippen LogP contribution in [0.2, 0.25) is 0 Å². The number of carboxylic acid groups (broad SMARTS) is 1. The molecule has 27 heavy (non-hydrogen) atoms. The summed E-state index contributed by atoms with van der Waals surface area (Å²) in [4.78, 5) is 11.9. The fourth-order valence-electron chi connectivity index (χ4n) is 3.01. The summed E-state index contributed by atoms with van der Waals surface area (Å²) in [5.41, 5.74) is -0.373. The van der Waals surface area contributed by atoms with Crippen LogP contribution < -0.4 is 0 Å². The third kappa shape index (κ3) is 4.11. The lowest BCUT2D eigenvalue weighted by Crippen LogP contribution is -2.17. The lowest BCUT2D eigenvalue weighted by atomic mass is 9.92. The van der Waals surface area contributed by atoms with Gasteiger partial charge < -0.3 is 5.11 Å². The van der Waals surface area contributed by atoms with Crippen LogP contribution in [0.15, 0.2) is 59.5 Å². The zero-order valence-corrected chi connectivity index (χ0v) is 15.3. The Bertz CT molecular complexity index is 985. The third-order valence-electron chi connectivity index (χ3n) is 4.20. The summed E-state index contributed by atoms with van der Waals surface area (Å²) < 4.78 is 44.3. The summed E-state index contributed by atoms with van der Waals surface area (Å²) in [5, 5.41) is 9.47. The van der Waals surface area contributed by atoms with Crippen molar-refractivity contribution in [3.8, 4) is 0 Å². The van der Waals surface area contributed by atoms with E-state index in [1.807, 2.05) is 6.92 Å². The molecule has 140 valence electrons. The highest BCUT2D eigenvalue weighted by molar-refractivity contribution is 7.99. The van der Waals surface area contributed by atoms with Gasteiger partial charge in [-0.1, -0.05) is 31.2 Å². The Hall–Kier alpha value is -2.47. The number of fused-ring (bicyclic) bond motifs is 1. The van der Waals surface area contributed by atoms with Crippen LogP contribution in [-0.4, -0.2) is 16.8 Å². The van der Waals surface area contributed by atoms with E-state index in [1.54, 1.807) is 23.9 Å². The van der Waals surface area contributed by atoms with E-state index in [-0.39, 0.29) is 22.9 Å². The maximum absolute atomic E-state index is 15.3. The molecule has 0 unspecified atom stereocenters. The van der Waals surface area contributed by atoms with Gasteiger partial charge in [0.2, 0.25) is 0 Å². The van der Waals surface area contributed by atoms with Crippen LogP contribution in [0.25, 0.3) is 10.8 Å². The average molecular weight is 390 g/mol. The molecule has 1 N–H and O–H groups in total. The summed E-state index contributed by atoms with van der Waals surface area (Å²) in [7, 11) is 0. The van der Waals surface area contributed by atoms with Crippen LogP contribution in [0.3, 0.4) is 0 Å². The molecular formula is C21H17F3O2S. The van der Waals surface area contributed by atoms with Crippen molar-refractivity contribution < 1.29 is 23.1 Å². The average Bonchev–Trinajstić information content (AvgIpc) is 2.61. The van der Waals surface area contributed by atoms with Crippen LogP contribution in [0, 0.1) is 5.82 Å². The summed E-state index contributed by atoms with van der Waals surface area (Å²) in [6, 6.07) is 12.2. The number of hydrogen-bond acceptors (Lipinski definition) is 2. The van der Waals surface area contributed by atoms with Crippen molar-refractivity contribution >= 4 is 28.5 Å². The van der Waals surface area contributed by atoms with Gasteiger partial charge in [-0.2, -0.15) is 8.78 Å². The monoisotopic (exact) mass is 390 g/mol. The summed E-state index contributed by atoms with van der Waals surface area (Å²) >= 11 is 1.54. The molecule has 0 saturated heterocycles. The lowest BCUT2D eigenvalue weighted by molar-refractivity contribution is -0.136. The maximum Gasteiger partial charge on any atom is 0.307 e. The summed E-state index contributed by atoms with van der Waals surface area (Å²) in [5.74, 6) is -4.31. The van der Waals surface area contributed by atoms with Gasteiger partial charge in [-0.05, 0) is 52.4 Å². The minimum Gasteiger partial charge on any atom is -0.481 e. The van der Waals surface area contributed by atoms with Gasteiger partial charge in [-0.3, -0.25) is 4.79 Å². The molecule has 0 aromatic heterocycles. The molecule has 0 aliphatic rings. The number of hydrogen-bond donors (Lipinski definition) is 1. The predicted octanol–water partition coefficient (Wildman–Crippen LogP) is 5.86. The quantitative estimate of drug-likeness (QED) is 0.536. The van der Waals surface area contributed by atoms with Crippen molar-refractivity contribution in [2.75, 3.05) is 5.75 Å². The van der Waals surface area contributed by atoms with E-state index in [0.29, 0.717) is 5.39 Å². The number of aliphatic carboxylic acids is 1. The molecule has 2 nitrogen and oxygen atoms in total. The minimum atomic E-state index is -3.39. The lowest BCUT2D eigenvalue weighted by Gasteiger charge is -2.21. The second-order valence-corrected chi connectivity index (χ2v) is 7.45. The highest BCUT2D eigenvalue weighted by atomic mass is 32.2. The van der Waals surface area contributed by atoms with Crippen molar-refractivity contribution in [2.45, 2.75) is 24.2 Å². The fourth-order valence-corrected chi connectivity index (χ4v) is 3.67. The normalized spacial score (nSPS) is 11.7. The number of halogens is 3. The van der Waals surface area contributed by atoms with Gasteiger partial charge >= 0.3 is 5.97 Å². The molecule has 3 aromatic carbocycles. The van der Waals surface area contributed by atoms with Gasteiger partial charge in [0.05, 0.1) is 6.42 Å². The molecule has 0 amide bonds. The van der Waals surface area contributed by atoms with E-state index in [9.17, 15) is 9.18 Å². The van der Waals surface area contributed by atoms with Gasteiger partial charge in [0, 0.05) is 16.0 Å². The molecular weight excluding hydrogens is 373 g/mol. The van der Waals surface area contributed by atoms with E-state index < -0.39 is 23.3 Å². The molecule has 0 fully saturated rings. The number of carbonyl (C=O) groups is 1. The van der Waals surface area contributed by atoms with Gasteiger partial charge in [-0.25, -0.2) is 4.39 Å². The topological polar surface area (TPSA) is 37.3 Å². The maximum atomic E-state index is 15.3. The number of benzene rings is 3. The smallest absolute Gasteiger partial charge is 0.307 e. The van der Waals surface area contributed by atoms with Crippen molar-refractivity contribution in [3.63, 3.8) is 0 Å². The van der Waals surface area contributed by atoms with Gasteiger partial charge in [0.25, 0.3) is 5.92 Å². The van der Waals surface area contributed by atoms with E-state index in [4.69, 9.17) is 5.11 Å². The molecule has 0 atom stereocenters. The summed E-state index contributed by atoms with van der Waals surface area (Å²) in [6.45, 7) is 1.97. The van der Waals surface area contributed by atoms with Gasteiger partial charge in [-0.15, -0.1) is 11.8 Å². The van der Waals surface area contributed by atoms with E-state index in [0.717, 1.165) is 22.8 Å². The Morgan fingerprint density at radius 1 is 1.07 bits per heavy atom. The van der Waals surface area contributed by atoms with Gasteiger partial charge in [0.1, 0.15) is 5.82 Å². The van der Waals surface area contributed by atoms with Crippen LogP contribution >= 0.6 is 11.8 Å². The minimum absolute atomic E-state index is 0.0705. The third-order valence-corrected chi connectivity index (χ3v) is 5.09. The molecule has 3 aromatic rings. The summed E-state index contributed by atoms with van der Waals surface area (Å²) in [6.07, 6.45) is -0.386. The van der Waals surface area contributed by atoms with Crippen molar-refractivity contribution in [2.24, 2.45) is 0 Å². The Morgan fingerprint density at radius 2 is 1.78 bits per heavy atom. The second kappa shape index (κ2) is 7.64. The molecule has 6 heteroatoms. The highest BCUT2D eigenvalue weighted by Gasteiger charge is 2.36. The van der Waals surface area contributed by atoms with E-state index in [2.05, 4.69) is 0 Å². The molecule has 0 aliphatic carbocycles. The molecule has 0 bridgehead atoms. The van der Waals surface area contributed by atoms with Crippen LogP contribution in [0.1, 0.15) is 23.6 Å². The Morgan fingerprint density at radius 3 is 2.41 bits per heavy atom. The SMILES string of the molecule is CCSc1ccc(C(F)(F)c2cc(CC(=O)O)cc3ccc(F)cc23)cc1. The standard InChI is InChI=1S/C21H17F3O2S/c1-2-27-17-7-4-15(5-8-17)21(23,24)19-10-13(11-20(25)26)9-14-3-6-16(22)12-18(14)19/h3-10,12H,2,11H2,1H3,(H,25,26). The number of rotatable bonds is 6. The molecule has 0 aliphatic heterocycles.